The second-order valence-corrected chi connectivity index (χ2v) is 12.6. The van der Waals surface area contributed by atoms with Crippen LogP contribution in [0.15, 0.2) is 58.8 Å². The van der Waals surface area contributed by atoms with Crippen molar-refractivity contribution in [2.45, 2.75) is 23.8 Å². The first-order valence-corrected chi connectivity index (χ1v) is 14.3. The molecule has 0 aliphatic carbocycles. The second-order valence-electron chi connectivity index (χ2n) is 7.70. The van der Waals surface area contributed by atoms with Crippen molar-refractivity contribution < 1.29 is 21.2 Å². The van der Waals surface area contributed by atoms with Crippen LogP contribution < -0.4 is 5.32 Å². The quantitative estimate of drug-likeness (QED) is 0.534. The van der Waals surface area contributed by atoms with Gasteiger partial charge < -0.3 is 5.32 Å². The summed E-state index contributed by atoms with van der Waals surface area (Å²) in [4.78, 5) is 4.57. The Kier molecular flexibility index (Phi) is 6.35. The van der Waals surface area contributed by atoms with Crippen LogP contribution in [-0.2, 0) is 19.9 Å². The number of hydrogen-bond acceptors (Lipinski definition) is 7. The lowest BCUT2D eigenvalue weighted by molar-refractivity contribution is 0.408. The fraction of sp³-hybridized carbons (Fsp3) is 0.286. The van der Waals surface area contributed by atoms with Gasteiger partial charge >= 0.3 is 0 Å². The zero-order valence-corrected chi connectivity index (χ0v) is 19.7. The molecule has 170 valence electrons. The molecule has 0 spiro atoms. The number of thiazole rings is 1. The molecule has 1 fully saturated rings. The summed E-state index contributed by atoms with van der Waals surface area (Å²) >= 11 is 1.35. The van der Waals surface area contributed by atoms with Gasteiger partial charge in [-0.05, 0) is 49.2 Å². The summed E-state index contributed by atoms with van der Waals surface area (Å²) in [6.07, 6.45) is 2.29. The van der Waals surface area contributed by atoms with E-state index in [1.54, 1.807) is 24.3 Å². The van der Waals surface area contributed by atoms with E-state index in [-0.39, 0.29) is 16.5 Å². The van der Waals surface area contributed by atoms with Crippen LogP contribution in [0.2, 0.25) is 0 Å². The first-order valence-electron chi connectivity index (χ1n) is 9.90. The zero-order valence-electron chi connectivity index (χ0n) is 17.2. The fourth-order valence-corrected chi connectivity index (χ4v) is 7.29. The van der Waals surface area contributed by atoms with E-state index in [2.05, 4.69) is 10.3 Å². The minimum absolute atomic E-state index is 0.114. The van der Waals surface area contributed by atoms with E-state index in [1.807, 2.05) is 5.38 Å². The van der Waals surface area contributed by atoms with Crippen molar-refractivity contribution in [3.63, 3.8) is 0 Å². The lowest BCUT2D eigenvalue weighted by atomic mass is 10.2. The highest BCUT2D eigenvalue weighted by Crippen LogP contribution is 2.30. The van der Waals surface area contributed by atoms with Gasteiger partial charge in [0, 0.05) is 35.5 Å². The molecule has 1 aromatic heterocycles. The Morgan fingerprint density at radius 2 is 1.91 bits per heavy atom. The van der Waals surface area contributed by atoms with Crippen molar-refractivity contribution in [3.8, 4) is 11.3 Å². The maximum absolute atomic E-state index is 13.4. The minimum atomic E-state index is -3.79. The number of sulfonamides is 1. The molecule has 32 heavy (non-hydrogen) atoms. The summed E-state index contributed by atoms with van der Waals surface area (Å²) in [6.45, 7) is 0.310. The number of anilines is 2. The molecular weight excluding hydrogens is 473 g/mol. The summed E-state index contributed by atoms with van der Waals surface area (Å²) in [5, 5.41) is 5.52. The molecule has 3 aromatic rings. The summed E-state index contributed by atoms with van der Waals surface area (Å²) in [6, 6.07) is 11.9. The Hall–Kier alpha value is -2.34. The van der Waals surface area contributed by atoms with E-state index in [1.165, 1.54) is 39.9 Å². The van der Waals surface area contributed by atoms with Gasteiger partial charge in [0.25, 0.3) is 0 Å². The second kappa shape index (κ2) is 8.89. The zero-order chi connectivity index (χ0) is 22.9. The molecule has 1 saturated heterocycles. The van der Waals surface area contributed by atoms with Crippen LogP contribution in [0, 0.1) is 5.82 Å². The molecule has 1 aliphatic heterocycles. The number of rotatable bonds is 7. The topological polar surface area (TPSA) is 96.4 Å². The Morgan fingerprint density at radius 1 is 1.16 bits per heavy atom. The van der Waals surface area contributed by atoms with Gasteiger partial charge in [0.05, 0.1) is 16.3 Å². The highest BCUT2D eigenvalue weighted by Gasteiger charge is 2.36. The van der Waals surface area contributed by atoms with Gasteiger partial charge in [0.15, 0.2) is 5.13 Å². The van der Waals surface area contributed by atoms with Gasteiger partial charge in [-0.15, -0.1) is 11.3 Å². The van der Waals surface area contributed by atoms with Crippen molar-refractivity contribution in [1.82, 2.24) is 9.29 Å². The van der Waals surface area contributed by atoms with E-state index in [4.69, 9.17) is 0 Å². The third-order valence-electron chi connectivity index (χ3n) is 5.15. The Labute approximate surface area is 190 Å². The third kappa shape index (κ3) is 5.17. The lowest BCUT2D eigenvalue weighted by Crippen LogP contribution is -2.39. The van der Waals surface area contributed by atoms with Crippen molar-refractivity contribution in [1.29, 1.82) is 0 Å². The van der Waals surface area contributed by atoms with Crippen LogP contribution in [-0.4, -0.2) is 50.7 Å². The fourth-order valence-electron chi connectivity index (χ4n) is 3.72. The molecule has 7 nitrogen and oxygen atoms in total. The van der Waals surface area contributed by atoms with Gasteiger partial charge in [0.1, 0.15) is 15.7 Å². The van der Waals surface area contributed by atoms with Crippen LogP contribution in [0.3, 0.4) is 0 Å². The number of halogens is 1. The van der Waals surface area contributed by atoms with E-state index >= 15 is 0 Å². The van der Waals surface area contributed by atoms with Crippen molar-refractivity contribution in [2.75, 3.05) is 23.9 Å². The maximum Gasteiger partial charge on any atom is 0.243 e. The molecular formula is C21H22FN3O4S3. The first kappa shape index (κ1) is 22.8. The Balaban J connectivity index is 1.48. The minimum Gasteiger partial charge on any atom is -0.332 e. The third-order valence-corrected chi connectivity index (χ3v) is 8.87. The number of nitrogens with one attached hydrogen (secondary N) is 1. The first-order chi connectivity index (χ1) is 15.1. The van der Waals surface area contributed by atoms with Crippen molar-refractivity contribution in [3.05, 3.63) is 59.7 Å². The summed E-state index contributed by atoms with van der Waals surface area (Å²) in [7, 11) is -7.08. The molecule has 0 bridgehead atoms. The molecule has 11 heteroatoms. The lowest BCUT2D eigenvalue weighted by Gasteiger charge is -2.23. The number of sulfone groups is 1. The molecule has 0 amide bonds. The summed E-state index contributed by atoms with van der Waals surface area (Å²) < 4.78 is 64.2. The normalized spacial score (nSPS) is 17.5. The molecule has 0 radical (unpaired) electrons. The average Bonchev–Trinajstić information content (AvgIpc) is 3.37. The molecule has 1 unspecified atom stereocenters. The molecule has 4 rings (SSSR count). The number of nitrogens with zero attached hydrogens (tertiary/aromatic N) is 2. The van der Waals surface area contributed by atoms with E-state index in [0.717, 1.165) is 6.26 Å². The van der Waals surface area contributed by atoms with Crippen LogP contribution in [0.1, 0.15) is 12.8 Å². The van der Waals surface area contributed by atoms with E-state index < -0.39 is 25.9 Å². The summed E-state index contributed by atoms with van der Waals surface area (Å²) in [5.74, 6) is -0.512. The summed E-state index contributed by atoms with van der Waals surface area (Å²) in [5.41, 5.74) is 1.96. The average molecular weight is 496 g/mol. The smallest absolute Gasteiger partial charge is 0.243 e. The molecule has 1 atom stereocenters. The molecule has 2 heterocycles. The monoisotopic (exact) mass is 495 g/mol. The van der Waals surface area contributed by atoms with Crippen LogP contribution >= 0.6 is 11.3 Å². The van der Waals surface area contributed by atoms with Crippen molar-refractivity contribution >= 4 is 42.0 Å². The molecule has 1 aliphatic rings. The van der Waals surface area contributed by atoms with Gasteiger partial charge in [0.2, 0.25) is 10.0 Å². The van der Waals surface area contributed by atoms with Crippen LogP contribution in [0.5, 0.6) is 0 Å². The highest BCUT2D eigenvalue weighted by atomic mass is 32.2. The standard InChI is InChI=1S/C21H22FN3O4S3/c1-31(26,27)14-18-6-3-11-25(18)32(28,29)19-9-7-17(8-10-19)23-21-24-20(13-30-21)15-4-2-5-16(22)12-15/h2,4-5,7-10,12-13,18H,3,6,11,14H2,1H3,(H,23,24). The number of hydrogen-bond donors (Lipinski definition) is 1. The predicted molar refractivity (Wildman–Crippen MR) is 124 cm³/mol. The molecule has 1 N–H and O–H groups in total. The molecule has 0 saturated carbocycles. The van der Waals surface area contributed by atoms with Gasteiger partial charge in [-0.2, -0.15) is 4.31 Å². The highest BCUT2D eigenvalue weighted by molar-refractivity contribution is 7.91. The largest absolute Gasteiger partial charge is 0.332 e. The SMILES string of the molecule is CS(=O)(=O)CC1CCCN1S(=O)(=O)c1ccc(Nc2nc(-c3cccc(F)c3)cs2)cc1. The van der Waals surface area contributed by atoms with Gasteiger partial charge in [-0.1, -0.05) is 12.1 Å². The van der Waals surface area contributed by atoms with E-state index in [9.17, 15) is 21.2 Å². The Morgan fingerprint density at radius 3 is 2.59 bits per heavy atom. The predicted octanol–water partition coefficient (Wildman–Crippen LogP) is 3.89. The van der Waals surface area contributed by atoms with Crippen LogP contribution in [0.25, 0.3) is 11.3 Å². The Bertz CT molecular complexity index is 1320. The van der Waals surface area contributed by atoms with Gasteiger partial charge in [-0.25, -0.2) is 26.2 Å². The van der Waals surface area contributed by atoms with E-state index in [0.29, 0.717) is 41.5 Å². The maximum atomic E-state index is 13.4. The van der Waals surface area contributed by atoms with Crippen molar-refractivity contribution in [2.24, 2.45) is 0 Å². The van der Waals surface area contributed by atoms with Gasteiger partial charge in [-0.3, -0.25) is 0 Å². The molecule has 2 aromatic carbocycles. The van der Waals surface area contributed by atoms with Crippen LogP contribution in [0.4, 0.5) is 15.2 Å². The number of benzene rings is 2. The number of aromatic nitrogens is 1.